The Labute approximate surface area is 99.5 Å². The minimum absolute atomic E-state index is 0. The average molecular weight is 254 g/mol. The molecule has 0 radical (unpaired) electrons. The van der Waals surface area contributed by atoms with E-state index < -0.39 is 0 Å². The molecule has 7 heteroatoms. The minimum Gasteiger partial charge on any atom is -0.355 e. The van der Waals surface area contributed by atoms with Crippen LogP contribution < -0.4 is 16.0 Å². The normalized spacial score (nSPS) is 19.1. The summed E-state index contributed by atoms with van der Waals surface area (Å²) >= 11 is 1.68. The maximum absolute atomic E-state index is 11.4. The molecule has 15 heavy (non-hydrogen) atoms. The second kappa shape index (κ2) is 7.78. The SMILES string of the molecule is CCNC(=O)CNC(=O)[C@H]1CSCN1.Cl. The molecule has 0 aromatic rings. The van der Waals surface area contributed by atoms with Crippen LogP contribution >= 0.6 is 24.2 Å². The Morgan fingerprint density at radius 3 is 2.73 bits per heavy atom. The monoisotopic (exact) mass is 253 g/mol. The molecule has 1 atom stereocenters. The molecule has 0 saturated carbocycles. The first-order valence-corrected chi connectivity index (χ1v) is 5.75. The van der Waals surface area contributed by atoms with Gasteiger partial charge in [-0.1, -0.05) is 0 Å². The van der Waals surface area contributed by atoms with E-state index in [2.05, 4.69) is 16.0 Å². The van der Waals surface area contributed by atoms with E-state index in [9.17, 15) is 9.59 Å². The number of carbonyl (C=O) groups excluding carboxylic acids is 2. The van der Waals surface area contributed by atoms with Gasteiger partial charge in [-0.05, 0) is 6.92 Å². The van der Waals surface area contributed by atoms with Crippen LogP contribution in [0.4, 0.5) is 0 Å². The van der Waals surface area contributed by atoms with Crippen molar-refractivity contribution in [3.63, 3.8) is 0 Å². The van der Waals surface area contributed by atoms with Crippen molar-refractivity contribution < 1.29 is 9.59 Å². The fourth-order valence-electron chi connectivity index (χ4n) is 1.11. The lowest BCUT2D eigenvalue weighted by Crippen LogP contribution is -2.45. The number of amides is 2. The van der Waals surface area contributed by atoms with Crippen LogP contribution in [0.2, 0.25) is 0 Å². The molecule has 5 nitrogen and oxygen atoms in total. The Hall–Kier alpha value is -0.460. The summed E-state index contributed by atoms with van der Waals surface area (Å²) in [6.45, 7) is 2.50. The van der Waals surface area contributed by atoms with Gasteiger partial charge in [-0.2, -0.15) is 0 Å². The highest BCUT2D eigenvalue weighted by molar-refractivity contribution is 7.99. The molecule has 88 valence electrons. The molecule has 0 bridgehead atoms. The van der Waals surface area contributed by atoms with Crippen LogP contribution in [0.15, 0.2) is 0 Å². The van der Waals surface area contributed by atoms with Gasteiger partial charge in [0.15, 0.2) is 0 Å². The molecule has 0 aromatic carbocycles. The van der Waals surface area contributed by atoms with Crippen LogP contribution in [0.25, 0.3) is 0 Å². The average Bonchev–Trinajstić information content (AvgIpc) is 2.67. The van der Waals surface area contributed by atoms with Gasteiger partial charge in [0, 0.05) is 18.2 Å². The van der Waals surface area contributed by atoms with Crippen LogP contribution in [0.5, 0.6) is 0 Å². The van der Waals surface area contributed by atoms with Gasteiger partial charge in [0.05, 0.1) is 12.6 Å². The molecule has 1 aliphatic rings. The number of carbonyl (C=O) groups is 2. The lowest BCUT2D eigenvalue weighted by atomic mass is 10.3. The predicted octanol–water partition coefficient (Wildman–Crippen LogP) is -0.677. The molecular formula is C8H16ClN3O2S. The Balaban J connectivity index is 0.00000196. The number of halogens is 1. The summed E-state index contributed by atoms with van der Waals surface area (Å²) < 4.78 is 0. The molecule has 0 spiro atoms. The summed E-state index contributed by atoms with van der Waals surface area (Å²) in [6, 6.07) is -0.144. The predicted molar refractivity (Wildman–Crippen MR) is 63.2 cm³/mol. The summed E-state index contributed by atoms with van der Waals surface area (Å²) in [5.74, 6) is 1.34. The fraction of sp³-hybridized carbons (Fsp3) is 0.750. The lowest BCUT2D eigenvalue weighted by Gasteiger charge is -2.09. The highest BCUT2D eigenvalue weighted by atomic mass is 35.5. The fourth-order valence-corrected chi connectivity index (χ4v) is 2.06. The van der Waals surface area contributed by atoms with Crippen LogP contribution in [0.3, 0.4) is 0 Å². The molecule has 0 aromatic heterocycles. The number of nitrogens with one attached hydrogen (secondary N) is 3. The van der Waals surface area contributed by atoms with Gasteiger partial charge in [0.1, 0.15) is 0 Å². The van der Waals surface area contributed by atoms with Crippen LogP contribution in [0, 0.1) is 0 Å². The van der Waals surface area contributed by atoms with Crippen molar-refractivity contribution >= 4 is 36.0 Å². The largest absolute Gasteiger partial charge is 0.355 e. The minimum atomic E-state index is -0.147. The summed E-state index contributed by atoms with van der Waals surface area (Å²) in [5, 5.41) is 8.23. The van der Waals surface area contributed by atoms with Crippen molar-refractivity contribution in [1.29, 1.82) is 0 Å². The van der Waals surface area contributed by atoms with E-state index in [0.29, 0.717) is 6.54 Å². The van der Waals surface area contributed by atoms with Gasteiger partial charge in [-0.15, -0.1) is 24.2 Å². The first-order valence-electron chi connectivity index (χ1n) is 4.59. The third-order valence-corrected chi connectivity index (χ3v) is 2.77. The first-order chi connectivity index (χ1) is 6.74. The summed E-state index contributed by atoms with van der Waals surface area (Å²) in [6.07, 6.45) is 0. The van der Waals surface area contributed by atoms with E-state index in [1.165, 1.54) is 0 Å². The molecule has 0 aliphatic carbocycles. The van der Waals surface area contributed by atoms with E-state index in [1.54, 1.807) is 11.8 Å². The zero-order valence-electron chi connectivity index (χ0n) is 8.54. The number of thioether (sulfide) groups is 1. The molecule has 1 heterocycles. The Morgan fingerprint density at radius 2 is 2.20 bits per heavy atom. The highest BCUT2D eigenvalue weighted by Crippen LogP contribution is 2.08. The van der Waals surface area contributed by atoms with Crippen LogP contribution in [0.1, 0.15) is 6.92 Å². The van der Waals surface area contributed by atoms with Crippen molar-refractivity contribution in [3.8, 4) is 0 Å². The Kier molecular flexibility index (Phi) is 7.54. The van der Waals surface area contributed by atoms with Crippen molar-refractivity contribution in [2.45, 2.75) is 13.0 Å². The summed E-state index contributed by atoms with van der Waals surface area (Å²) in [4.78, 5) is 22.4. The van der Waals surface area contributed by atoms with Gasteiger partial charge in [0.2, 0.25) is 11.8 Å². The maximum atomic E-state index is 11.4. The Morgan fingerprint density at radius 1 is 1.47 bits per heavy atom. The molecule has 3 N–H and O–H groups in total. The molecule has 0 unspecified atom stereocenters. The smallest absolute Gasteiger partial charge is 0.239 e. The van der Waals surface area contributed by atoms with E-state index in [0.717, 1.165) is 11.6 Å². The standard InChI is InChI=1S/C8H15N3O2S.ClH/c1-2-9-7(12)3-10-8(13)6-4-14-5-11-6;/h6,11H,2-5H2,1H3,(H,9,12)(H,10,13);1H/t6-;/m1./s1. The van der Waals surface area contributed by atoms with Crippen molar-refractivity contribution in [2.24, 2.45) is 0 Å². The van der Waals surface area contributed by atoms with Gasteiger partial charge in [-0.25, -0.2) is 0 Å². The van der Waals surface area contributed by atoms with Gasteiger partial charge in [-0.3, -0.25) is 14.9 Å². The van der Waals surface area contributed by atoms with Crippen LogP contribution in [-0.2, 0) is 9.59 Å². The third kappa shape index (κ3) is 5.25. The third-order valence-electron chi connectivity index (χ3n) is 1.83. The molecule has 1 saturated heterocycles. The van der Waals surface area contributed by atoms with E-state index in [4.69, 9.17) is 0 Å². The van der Waals surface area contributed by atoms with Crippen molar-refractivity contribution in [1.82, 2.24) is 16.0 Å². The lowest BCUT2D eigenvalue weighted by molar-refractivity contribution is -0.126. The number of likely N-dealkylation sites (N-methyl/N-ethyl adjacent to an activating group) is 1. The summed E-state index contributed by atoms with van der Waals surface area (Å²) in [7, 11) is 0. The first kappa shape index (κ1) is 14.5. The molecule has 1 fully saturated rings. The number of hydrogen-bond acceptors (Lipinski definition) is 4. The topological polar surface area (TPSA) is 70.2 Å². The van der Waals surface area contributed by atoms with Crippen molar-refractivity contribution in [2.75, 3.05) is 24.7 Å². The van der Waals surface area contributed by atoms with E-state index in [-0.39, 0.29) is 36.8 Å². The number of rotatable bonds is 4. The quantitative estimate of drug-likeness (QED) is 0.621. The molecule has 1 rings (SSSR count). The highest BCUT2D eigenvalue weighted by Gasteiger charge is 2.22. The summed E-state index contributed by atoms with van der Waals surface area (Å²) in [5.41, 5.74) is 0. The number of hydrogen-bond donors (Lipinski definition) is 3. The zero-order valence-corrected chi connectivity index (χ0v) is 10.2. The second-order valence-electron chi connectivity index (χ2n) is 2.94. The van der Waals surface area contributed by atoms with Crippen LogP contribution in [-0.4, -0.2) is 42.6 Å². The molecule has 2 amide bonds. The van der Waals surface area contributed by atoms with Gasteiger partial charge < -0.3 is 10.6 Å². The Bertz CT molecular complexity index is 222. The van der Waals surface area contributed by atoms with E-state index >= 15 is 0 Å². The maximum Gasteiger partial charge on any atom is 0.239 e. The zero-order chi connectivity index (χ0) is 10.4. The van der Waals surface area contributed by atoms with Gasteiger partial charge >= 0.3 is 0 Å². The van der Waals surface area contributed by atoms with Gasteiger partial charge in [0.25, 0.3) is 0 Å². The molecular weight excluding hydrogens is 238 g/mol. The molecule has 1 aliphatic heterocycles. The second-order valence-corrected chi connectivity index (χ2v) is 3.97. The van der Waals surface area contributed by atoms with E-state index in [1.807, 2.05) is 6.92 Å². The van der Waals surface area contributed by atoms with Crippen molar-refractivity contribution in [3.05, 3.63) is 0 Å².